The minimum atomic E-state index is -0.647. The van der Waals surface area contributed by atoms with Gasteiger partial charge in [0.2, 0.25) is 5.91 Å². The predicted octanol–water partition coefficient (Wildman–Crippen LogP) is 1.51. The van der Waals surface area contributed by atoms with Gasteiger partial charge in [0.1, 0.15) is 0 Å². The topological polar surface area (TPSA) is 58.6 Å². The first-order valence-corrected chi connectivity index (χ1v) is 6.59. The predicted molar refractivity (Wildman–Crippen MR) is 73.4 cm³/mol. The number of benzene rings is 1. The first-order chi connectivity index (χ1) is 8.61. The molecule has 1 atom stereocenters. The molecule has 5 heteroatoms. The second-order valence-electron chi connectivity index (χ2n) is 4.04. The molecular weight excluding hydrogens is 298 g/mol. The van der Waals surface area contributed by atoms with Gasteiger partial charge in [-0.05, 0) is 24.1 Å². The molecule has 0 heterocycles. The number of ether oxygens (including phenoxy) is 1. The van der Waals surface area contributed by atoms with E-state index < -0.39 is 6.10 Å². The number of halogens is 1. The molecule has 0 spiro atoms. The van der Waals surface area contributed by atoms with Crippen LogP contribution < -0.4 is 5.32 Å². The lowest BCUT2D eigenvalue weighted by Crippen LogP contribution is -2.34. The van der Waals surface area contributed by atoms with Gasteiger partial charge in [0.25, 0.3) is 0 Å². The Labute approximate surface area is 115 Å². The summed E-state index contributed by atoms with van der Waals surface area (Å²) in [6.07, 6.45) is 0.465. The van der Waals surface area contributed by atoms with Crippen molar-refractivity contribution in [2.75, 3.05) is 20.3 Å². The molecule has 0 aliphatic carbocycles. The van der Waals surface area contributed by atoms with Crippen LogP contribution in [0.15, 0.2) is 28.7 Å². The summed E-state index contributed by atoms with van der Waals surface area (Å²) in [6, 6.07) is 7.87. The van der Waals surface area contributed by atoms with Crippen molar-refractivity contribution in [3.05, 3.63) is 34.3 Å². The number of methoxy groups -OCH3 is 1. The van der Waals surface area contributed by atoms with Crippen molar-refractivity contribution in [2.24, 2.45) is 0 Å². The first-order valence-electron chi connectivity index (χ1n) is 5.80. The molecule has 4 nitrogen and oxygen atoms in total. The molecule has 0 saturated carbocycles. The molecule has 0 aliphatic heterocycles. The average molecular weight is 316 g/mol. The quantitative estimate of drug-likeness (QED) is 0.802. The summed E-state index contributed by atoms with van der Waals surface area (Å²) in [5.41, 5.74) is 1.12. The molecule has 1 aromatic rings. The fourth-order valence-corrected chi connectivity index (χ4v) is 1.74. The Morgan fingerprint density at radius 2 is 2.11 bits per heavy atom. The largest absolute Gasteiger partial charge is 0.389 e. The van der Waals surface area contributed by atoms with Gasteiger partial charge in [-0.25, -0.2) is 0 Å². The summed E-state index contributed by atoms with van der Waals surface area (Å²) in [5, 5.41) is 12.0. The number of rotatable bonds is 7. The lowest BCUT2D eigenvalue weighted by molar-refractivity contribution is -0.121. The van der Waals surface area contributed by atoms with Gasteiger partial charge in [-0.2, -0.15) is 0 Å². The van der Waals surface area contributed by atoms with Crippen LogP contribution >= 0.6 is 15.9 Å². The van der Waals surface area contributed by atoms with Crippen LogP contribution in [0.25, 0.3) is 0 Å². The second-order valence-corrected chi connectivity index (χ2v) is 4.96. The van der Waals surface area contributed by atoms with E-state index in [4.69, 9.17) is 4.74 Å². The summed E-state index contributed by atoms with van der Waals surface area (Å²) >= 11 is 3.36. The number of carbonyl (C=O) groups is 1. The molecule has 0 saturated heterocycles. The highest BCUT2D eigenvalue weighted by atomic mass is 79.9. The molecule has 1 unspecified atom stereocenters. The van der Waals surface area contributed by atoms with Crippen LogP contribution in [-0.4, -0.2) is 37.4 Å². The van der Waals surface area contributed by atoms with Crippen LogP contribution in [0.4, 0.5) is 0 Å². The Morgan fingerprint density at radius 3 is 2.72 bits per heavy atom. The number of amides is 1. The van der Waals surface area contributed by atoms with Crippen LogP contribution in [0.1, 0.15) is 12.0 Å². The van der Waals surface area contributed by atoms with Gasteiger partial charge in [0, 0.05) is 24.5 Å². The highest BCUT2D eigenvalue weighted by molar-refractivity contribution is 9.10. The zero-order valence-electron chi connectivity index (χ0n) is 10.4. The Morgan fingerprint density at radius 1 is 1.44 bits per heavy atom. The van der Waals surface area contributed by atoms with Crippen LogP contribution in [-0.2, 0) is 16.0 Å². The average Bonchev–Trinajstić information content (AvgIpc) is 2.36. The fraction of sp³-hybridized carbons (Fsp3) is 0.462. The van der Waals surface area contributed by atoms with Crippen molar-refractivity contribution in [1.29, 1.82) is 0 Å². The van der Waals surface area contributed by atoms with Crippen molar-refractivity contribution in [1.82, 2.24) is 5.32 Å². The van der Waals surface area contributed by atoms with Crippen LogP contribution in [0.3, 0.4) is 0 Å². The number of aryl methyl sites for hydroxylation is 1. The molecule has 1 aromatic carbocycles. The van der Waals surface area contributed by atoms with Crippen LogP contribution in [0.2, 0.25) is 0 Å². The highest BCUT2D eigenvalue weighted by Crippen LogP contribution is 2.11. The summed E-state index contributed by atoms with van der Waals surface area (Å²) in [6.45, 7) is 0.458. The summed E-state index contributed by atoms with van der Waals surface area (Å²) in [7, 11) is 1.51. The number of aliphatic hydroxyl groups is 1. The molecule has 0 fully saturated rings. The number of aliphatic hydroxyl groups excluding tert-OH is 1. The lowest BCUT2D eigenvalue weighted by Gasteiger charge is -2.10. The molecule has 0 radical (unpaired) electrons. The van der Waals surface area contributed by atoms with Crippen molar-refractivity contribution >= 4 is 21.8 Å². The van der Waals surface area contributed by atoms with Crippen molar-refractivity contribution in [2.45, 2.75) is 18.9 Å². The maximum atomic E-state index is 11.5. The van der Waals surface area contributed by atoms with Gasteiger partial charge in [-0.3, -0.25) is 4.79 Å². The van der Waals surface area contributed by atoms with Gasteiger partial charge in [-0.1, -0.05) is 28.1 Å². The van der Waals surface area contributed by atoms with E-state index in [2.05, 4.69) is 21.2 Å². The molecule has 1 amide bonds. The second kappa shape index (κ2) is 8.24. The summed E-state index contributed by atoms with van der Waals surface area (Å²) in [4.78, 5) is 11.5. The van der Waals surface area contributed by atoms with E-state index in [-0.39, 0.29) is 19.1 Å². The van der Waals surface area contributed by atoms with E-state index in [1.54, 1.807) is 0 Å². The van der Waals surface area contributed by atoms with Gasteiger partial charge in [0.05, 0.1) is 12.7 Å². The zero-order valence-corrected chi connectivity index (χ0v) is 11.9. The summed E-state index contributed by atoms with van der Waals surface area (Å²) in [5.74, 6) is -0.0620. The Hall–Kier alpha value is -0.910. The number of hydrogen-bond acceptors (Lipinski definition) is 3. The van der Waals surface area contributed by atoms with Crippen molar-refractivity contribution in [3.63, 3.8) is 0 Å². The van der Waals surface area contributed by atoms with E-state index in [0.29, 0.717) is 12.8 Å². The molecule has 2 N–H and O–H groups in total. The molecule has 1 rings (SSSR count). The smallest absolute Gasteiger partial charge is 0.220 e. The third-order valence-corrected chi connectivity index (χ3v) is 2.98. The molecule has 18 heavy (non-hydrogen) atoms. The fourth-order valence-electron chi connectivity index (χ4n) is 1.48. The number of carbonyl (C=O) groups excluding carboxylic acids is 1. The van der Waals surface area contributed by atoms with Crippen molar-refractivity contribution < 1.29 is 14.6 Å². The van der Waals surface area contributed by atoms with E-state index in [1.807, 2.05) is 24.3 Å². The maximum Gasteiger partial charge on any atom is 0.220 e. The van der Waals surface area contributed by atoms with E-state index in [1.165, 1.54) is 7.11 Å². The van der Waals surface area contributed by atoms with Gasteiger partial charge >= 0.3 is 0 Å². The highest BCUT2D eigenvalue weighted by Gasteiger charge is 2.06. The minimum Gasteiger partial charge on any atom is -0.389 e. The third-order valence-electron chi connectivity index (χ3n) is 2.45. The standard InChI is InChI=1S/C13H18BrNO3/c1-18-9-12(16)8-15-13(17)7-4-10-2-5-11(14)6-3-10/h2-3,5-6,12,16H,4,7-9H2,1H3,(H,15,17). The van der Waals surface area contributed by atoms with Gasteiger partial charge < -0.3 is 15.2 Å². The SMILES string of the molecule is COCC(O)CNC(=O)CCc1ccc(Br)cc1. The lowest BCUT2D eigenvalue weighted by atomic mass is 10.1. The monoisotopic (exact) mass is 315 g/mol. The molecule has 0 aliphatic rings. The molecule has 100 valence electrons. The number of nitrogens with one attached hydrogen (secondary N) is 1. The third kappa shape index (κ3) is 6.14. The van der Waals surface area contributed by atoms with Crippen LogP contribution in [0, 0.1) is 0 Å². The molecule has 0 aromatic heterocycles. The maximum absolute atomic E-state index is 11.5. The summed E-state index contributed by atoms with van der Waals surface area (Å²) < 4.78 is 5.80. The normalized spacial score (nSPS) is 12.2. The van der Waals surface area contributed by atoms with Crippen molar-refractivity contribution in [3.8, 4) is 0 Å². The Bertz CT molecular complexity index is 367. The Kier molecular flexibility index (Phi) is 6.93. The minimum absolute atomic E-state index is 0.0620. The number of hydrogen-bond donors (Lipinski definition) is 2. The first kappa shape index (κ1) is 15.1. The van der Waals surface area contributed by atoms with Gasteiger partial charge in [-0.15, -0.1) is 0 Å². The molecular formula is C13H18BrNO3. The Balaban J connectivity index is 2.22. The van der Waals surface area contributed by atoms with Gasteiger partial charge in [0.15, 0.2) is 0 Å². The van der Waals surface area contributed by atoms with E-state index >= 15 is 0 Å². The zero-order chi connectivity index (χ0) is 13.4. The van der Waals surface area contributed by atoms with E-state index in [9.17, 15) is 9.90 Å². The van der Waals surface area contributed by atoms with E-state index in [0.717, 1.165) is 10.0 Å². The van der Waals surface area contributed by atoms with Crippen LogP contribution in [0.5, 0.6) is 0 Å². The molecule has 0 bridgehead atoms.